The molecule has 1 aromatic carbocycles. The third-order valence-corrected chi connectivity index (χ3v) is 4.45. The van der Waals surface area contributed by atoms with Gasteiger partial charge in [-0.25, -0.2) is 9.97 Å². The number of hydrogen-bond donors (Lipinski definition) is 1. The lowest BCUT2D eigenvalue weighted by atomic mass is 10.1. The summed E-state index contributed by atoms with van der Waals surface area (Å²) in [6, 6.07) is 6.68. The molecule has 0 aliphatic carbocycles. The molecule has 0 bridgehead atoms. The summed E-state index contributed by atoms with van der Waals surface area (Å²) < 4.78 is 0. The first-order chi connectivity index (χ1) is 11.1. The van der Waals surface area contributed by atoms with Gasteiger partial charge >= 0.3 is 0 Å². The van der Waals surface area contributed by atoms with E-state index < -0.39 is 6.10 Å². The van der Waals surface area contributed by atoms with Crippen molar-refractivity contribution in [2.45, 2.75) is 18.2 Å². The largest absolute Gasteiger partial charge is 0.390 e. The number of aliphatic hydroxyl groups is 1. The fraction of sp³-hybridized carbons (Fsp3) is 0.250. The highest BCUT2D eigenvalue weighted by Gasteiger charge is 2.36. The van der Waals surface area contributed by atoms with Crippen LogP contribution in [-0.2, 0) is 0 Å². The van der Waals surface area contributed by atoms with Crippen LogP contribution in [0.1, 0.15) is 26.3 Å². The van der Waals surface area contributed by atoms with E-state index in [1.807, 2.05) is 6.92 Å². The molecule has 0 saturated heterocycles. The minimum absolute atomic E-state index is 0.0365. The lowest BCUT2D eigenvalue weighted by Crippen LogP contribution is -2.37. The molecule has 1 atom stereocenters. The molecule has 2 amide bonds. The summed E-state index contributed by atoms with van der Waals surface area (Å²) in [5.41, 5.74) is 1.74. The van der Waals surface area contributed by atoms with Crippen molar-refractivity contribution in [2.24, 2.45) is 0 Å². The highest BCUT2D eigenvalue weighted by molar-refractivity contribution is 7.99. The third-order valence-electron chi connectivity index (χ3n) is 3.43. The SMILES string of the molecule is Cc1cnc(SCC(O)CN2C(=O)c3ccccc3C2=O)nc1. The number of β-amino-alcohol motifs (C(OH)–C–C–N with tert-alkyl or cyclic N) is 1. The van der Waals surface area contributed by atoms with Crippen LogP contribution in [-0.4, -0.2) is 50.2 Å². The van der Waals surface area contributed by atoms with Gasteiger partial charge in [-0.1, -0.05) is 23.9 Å². The number of nitrogens with zero attached hydrogens (tertiary/aromatic N) is 3. The van der Waals surface area contributed by atoms with Crippen molar-refractivity contribution in [1.82, 2.24) is 14.9 Å². The predicted molar refractivity (Wildman–Crippen MR) is 85.3 cm³/mol. The average molecular weight is 329 g/mol. The van der Waals surface area contributed by atoms with Crippen LogP contribution >= 0.6 is 11.8 Å². The Morgan fingerprint density at radius 2 is 1.70 bits per heavy atom. The van der Waals surface area contributed by atoms with Gasteiger partial charge < -0.3 is 5.11 Å². The van der Waals surface area contributed by atoms with Crippen LogP contribution in [0.4, 0.5) is 0 Å². The molecule has 3 rings (SSSR count). The molecule has 0 fully saturated rings. The minimum Gasteiger partial charge on any atom is -0.390 e. The molecule has 118 valence electrons. The molecule has 1 unspecified atom stereocenters. The summed E-state index contributed by atoms with van der Waals surface area (Å²) in [6.45, 7) is 1.86. The van der Waals surface area contributed by atoms with E-state index in [1.54, 1.807) is 36.7 Å². The maximum Gasteiger partial charge on any atom is 0.261 e. The predicted octanol–water partition coefficient (Wildman–Crippen LogP) is 1.53. The monoisotopic (exact) mass is 329 g/mol. The number of amides is 2. The van der Waals surface area contributed by atoms with Crippen LogP contribution in [0, 0.1) is 6.92 Å². The molecule has 0 spiro atoms. The lowest BCUT2D eigenvalue weighted by Gasteiger charge is -2.17. The summed E-state index contributed by atoms with van der Waals surface area (Å²) in [5, 5.41) is 10.7. The normalized spacial score (nSPS) is 15.0. The number of carbonyl (C=O) groups is 2. The highest BCUT2D eigenvalue weighted by atomic mass is 32.2. The zero-order valence-corrected chi connectivity index (χ0v) is 13.3. The molecule has 6 nitrogen and oxygen atoms in total. The number of aliphatic hydroxyl groups excluding tert-OH is 1. The van der Waals surface area contributed by atoms with Gasteiger partial charge in [0.05, 0.1) is 23.8 Å². The number of aryl methyl sites for hydroxylation is 1. The van der Waals surface area contributed by atoms with Gasteiger partial charge in [0.15, 0.2) is 5.16 Å². The molecule has 1 aromatic heterocycles. The maximum absolute atomic E-state index is 12.2. The standard InChI is InChI=1S/C16H15N3O3S/c1-10-6-17-16(18-7-10)23-9-11(20)8-19-14(21)12-4-2-3-5-13(12)15(19)22/h2-7,11,20H,8-9H2,1H3. The van der Waals surface area contributed by atoms with Gasteiger partial charge in [0.2, 0.25) is 0 Å². The van der Waals surface area contributed by atoms with Gasteiger partial charge in [0.1, 0.15) is 0 Å². The van der Waals surface area contributed by atoms with E-state index in [9.17, 15) is 14.7 Å². The van der Waals surface area contributed by atoms with E-state index >= 15 is 0 Å². The maximum atomic E-state index is 12.2. The van der Waals surface area contributed by atoms with Crippen LogP contribution in [0.5, 0.6) is 0 Å². The van der Waals surface area contributed by atoms with Gasteiger partial charge in [-0.05, 0) is 24.6 Å². The average Bonchev–Trinajstić information content (AvgIpc) is 2.80. The summed E-state index contributed by atoms with van der Waals surface area (Å²) in [7, 11) is 0. The Kier molecular flexibility index (Phi) is 4.40. The Labute approximate surface area is 137 Å². The van der Waals surface area contributed by atoms with Crippen molar-refractivity contribution < 1.29 is 14.7 Å². The van der Waals surface area contributed by atoms with Crippen molar-refractivity contribution in [3.63, 3.8) is 0 Å². The quantitative estimate of drug-likeness (QED) is 0.509. The Balaban J connectivity index is 1.60. The van der Waals surface area contributed by atoms with E-state index in [0.29, 0.717) is 22.0 Å². The number of hydrogen-bond acceptors (Lipinski definition) is 6. The summed E-state index contributed by atoms with van der Waals surface area (Å²) in [5.74, 6) is -0.418. The Bertz CT molecular complexity index is 713. The number of fused-ring (bicyclic) bond motifs is 1. The van der Waals surface area contributed by atoms with E-state index in [2.05, 4.69) is 9.97 Å². The first kappa shape index (κ1) is 15.6. The van der Waals surface area contributed by atoms with Gasteiger partial charge in [-0.15, -0.1) is 0 Å². The van der Waals surface area contributed by atoms with Crippen LogP contribution in [0.15, 0.2) is 41.8 Å². The number of thioether (sulfide) groups is 1. The molecular weight excluding hydrogens is 314 g/mol. The van der Waals surface area contributed by atoms with Crippen molar-refractivity contribution in [1.29, 1.82) is 0 Å². The van der Waals surface area contributed by atoms with Crippen molar-refractivity contribution >= 4 is 23.6 Å². The van der Waals surface area contributed by atoms with E-state index in [0.717, 1.165) is 10.5 Å². The number of carbonyl (C=O) groups excluding carboxylic acids is 2. The van der Waals surface area contributed by atoms with Gasteiger partial charge in [-0.2, -0.15) is 0 Å². The number of rotatable bonds is 5. The second-order valence-corrected chi connectivity index (χ2v) is 6.26. The number of benzene rings is 1. The molecule has 2 heterocycles. The molecule has 23 heavy (non-hydrogen) atoms. The number of aromatic nitrogens is 2. The zero-order valence-electron chi connectivity index (χ0n) is 12.5. The molecule has 0 saturated carbocycles. The molecule has 0 radical (unpaired) electrons. The van der Waals surface area contributed by atoms with Crippen LogP contribution in [0.2, 0.25) is 0 Å². The molecule has 1 aliphatic heterocycles. The zero-order chi connectivity index (χ0) is 16.4. The Morgan fingerprint density at radius 1 is 1.13 bits per heavy atom. The van der Waals surface area contributed by atoms with Crippen molar-refractivity contribution in [3.05, 3.63) is 53.3 Å². The van der Waals surface area contributed by atoms with Gasteiger partial charge in [0.25, 0.3) is 11.8 Å². The minimum atomic E-state index is -0.841. The molecule has 7 heteroatoms. The van der Waals surface area contributed by atoms with Crippen LogP contribution < -0.4 is 0 Å². The van der Waals surface area contributed by atoms with E-state index in [1.165, 1.54) is 11.8 Å². The van der Waals surface area contributed by atoms with Crippen molar-refractivity contribution in [3.8, 4) is 0 Å². The summed E-state index contributed by atoms with van der Waals surface area (Å²) >= 11 is 1.29. The molecule has 1 aliphatic rings. The second kappa shape index (κ2) is 6.47. The van der Waals surface area contributed by atoms with Crippen molar-refractivity contribution in [2.75, 3.05) is 12.3 Å². The molecule has 2 aromatic rings. The summed E-state index contributed by atoms with van der Waals surface area (Å²) in [6.07, 6.45) is 2.56. The fourth-order valence-corrected chi connectivity index (χ4v) is 3.00. The second-order valence-electron chi connectivity index (χ2n) is 5.27. The highest BCUT2D eigenvalue weighted by Crippen LogP contribution is 2.23. The lowest BCUT2D eigenvalue weighted by molar-refractivity contribution is 0.0567. The fourth-order valence-electron chi connectivity index (χ4n) is 2.29. The molecule has 1 N–H and O–H groups in total. The van der Waals surface area contributed by atoms with Crippen LogP contribution in [0.25, 0.3) is 0 Å². The van der Waals surface area contributed by atoms with Crippen LogP contribution in [0.3, 0.4) is 0 Å². The van der Waals surface area contributed by atoms with E-state index in [4.69, 9.17) is 0 Å². The smallest absolute Gasteiger partial charge is 0.261 e. The molecular formula is C16H15N3O3S. The number of imide groups is 1. The topological polar surface area (TPSA) is 83.4 Å². The Morgan fingerprint density at radius 3 is 2.26 bits per heavy atom. The van der Waals surface area contributed by atoms with Gasteiger partial charge in [0, 0.05) is 18.1 Å². The van der Waals surface area contributed by atoms with Gasteiger partial charge in [-0.3, -0.25) is 14.5 Å². The third kappa shape index (κ3) is 3.25. The summed E-state index contributed by atoms with van der Waals surface area (Å²) in [4.78, 5) is 33.8. The van der Waals surface area contributed by atoms with E-state index in [-0.39, 0.29) is 18.4 Å². The Hall–Kier alpha value is -2.25. The first-order valence-electron chi connectivity index (χ1n) is 7.11. The first-order valence-corrected chi connectivity index (χ1v) is 8.09.